The third-order valence-corrected chi connectivity index (χ3v) is 11.6. The summed E-state index contributed by atoms with van der Waals surface area (Å²) >= 11 is 0. The van der Waals surface area contributed by atoms with Gasteiger partial charge in [0.2, 0.25) is 5.91 Å². The summed E-state index contributed by atoms with van der Waals surface area (Å²) in [7, 11) is 0. The first-order valence-electron chi connectivity index (χ1n) is 24.5. The van der Waals surface area contributed by atoms with Gasteiger partial charge < -0.3 is 20.6 Å². The summed E-state index contributed by atoms with van der Waals surface area (Å²) in [4.78, 5) is 12.4. The molecule has 3 unspecified atom stereocenters. The molecule has 0 aliphatic heterocycles. The van der Waals surface area contributed by atoms with E-state index in [9.17, 15) is 20.1 Å². The Morgan fingerprint density at radius 2 is 0.741 bits per heavy atom. The summed E-state index contributed by atoms with van der Waals surface area (Å²) in [6.07, 6.45) is 53.3. The lowest BCUT2D eigenvalue weighted by Crippen LogP contribution is -2.50. The van der Waals surface area contributed by atoms with Crippen molar-refractivity contribution < 1.29 is 20.1 Å². The van der Waals surface area contributed by atoms with Gasteiger partial charge in [-0.05, 0) is 38.5 Å². The SMILES string of the molecule is CCCCCCCC/C=C\CCCCCCCCCC(=O)NC(CO)C(O)C(O)CCCCCCCCCCCCCCCCCCCCCCCCC. The molecule has 5 nitrogen and oxygen atoms in total. The van der Waals surface area contributed by atoms with Crippen molar-refractivity contribution in [2.24, 2.45) is 0 Å². The van der Waals surface area contributed by atoms with E-state index in [0.717, 1.165) is 32.1 Å². The molecule has 5 heteroatoms. The van der Waals surface area contributed by atoms with Crippen LogP contribution in [0.4, 0.5) is 0 Å². The van der Waals surface area contributed by atoms with Crippen molar-refractivity contribution in [2.75, 3.05) is 6.61 Å². The highest BCUT2D eigenvalue weighted by atomic mass is 16.3. The van der Waals surface area contributed by atoms with E-state index in [4.69, 9.17) is 0 Å². The molecule has 0 spiro atoms. The van der Waals surface area contributed by atoms with Gasteiger partial charge in [0.05, 0.1) is 18.8 Å². The van der Waals surface area contributed by atoms with Crippen LogP contribution in [-0.4, -0.2) is 46.1 Å². The first-order valence-corrected chi connectivity index (χ1v) is 24.5. The number of unbranched alkanes of at least 4 members (excludes halogenated alkanes) is 35. The molecule has 4 N–H and O–H groups in total. The number of aliphatic hydroxyl groups excluding tert-OH is 3. The molecule has 0 aromatic rings. The standard InChI is InChI=1S/C49H97NO4/c1-3-5-7-9-11-13-15-17-19-21-22-23-24-25-26-28-29-31-33-35-37-39-41-43-47(52)49(54)46(45-51)50-48(53)44-42-40-38-36-34-32-30-27-20-18-16-14-12-10-8-6-4-2/h18,20,46-47,49,51-52,54H,3-17,19,21-45H2,1-2H3,(H,50,53)/b20-18-. The van der Waals surface area contributed by atoms with Gasteiger partial charge >= 0.3 is 0 Å². The highest BCUT2D eigenvalue weighted by Gasteiger charge is 2.26. The van der Waals surface area contributed by atoms with E-state index in [1.54, 1.807) is 0 Å². The lowest BCUT2D eigenvalue weighted by molar-refractivity contribution is -0.124. The zero-order valence-electron chi connectivity index (χ0n) is 36.6. The van der Waals surface area contributed by atoms with Gasteiger partial charge in [-0.2, -0.15) is 0 Å². The van der Waals surface area contributed by atoms with Gasteiger partial charge in [0.25, 0.3) is 0 Å². The third kappa shape index (κ3) is 39.3. The third-order valence-electron chi connectivity index (χ3n) is 11.6. The van der Waals surface area contributed by atoms with Gasteiger partial charge in [-0.1, -0.05) is 238 Å². The largest absolute Gasteiger partial charge is 0.394 e. The van der Waals surface area contributed by atoms with Crippen molar-refractivity contribution >= 4 is 5.91 Å². The molecule has 0 bridgehead atoms. The molecule has 0 radical (unpaired) electrons. The summed E-state index contributed by atoms with van der Waals surface area (Å²) < 4.78 is 0. The lowest BCUT2D eigenvalue weighted by atomic mass is 9.99. The quantitative estimate of drug-likeness (QED) is 0.0367. The maximum atomic E-state index is 12.4. The Morgan fingerprint density at radius 1 is 0.444 bits per heavy atom. The van der Waals surface area contributed by atoms with Crippen LogP contribution >= 0.6 is 0 Å². The molecule has 1 amide bonds. The first-order chi connectivity index (χ1) is 26.6. The minimum Gasteiger partial charge on any atom is -0.394 e. The average molecular weight is 764 g/mol. The van der Waals surface area contributed by atoms with Crippen LogP contribution in [0.1, 0.15) is 271 Å². The van der Waals surface area contributed by atoms with E-state index in [-0.39, 0.29) is 12.5 Å². The van der Waals surface area contributed by atoms with E-state index in [1.807, 2.05) is 0 Å². The molecule has 0 aromatic carbocycles. The van der Waals surface area contributed by atoms with Gasteiger partial charge in [-0.25, -0.2) is 0 Å². The Kier molecular flexibility index (Phi) is 44.0. The molecule has 0 saturated carbocycles. The summed E-state index contributed by atoms with van der Waals surface area (Å²) in [5.41, 5.74) is 0. The monoisotopic (exact) mass is 764 g/mol. The molecule has 0 aliphatic carbocycles. The van der Waals surface area contributed by atoms with E-state index in [1.165, 1.54) is 212 Å². The second kappa shape index (κ2) is 44.8. The molecule has 3 atom stereocenters. The second-order valence-electron chi connectivity index (χ2n) is 17.0. The molecule has 0 rings (SSSR count). The average Bonchev–Trinajstić information content (AvgIpc) is 3.18. The van der Waals surface area contributed by atoms with Crippen LogP contribution in [0.2, 0.25) is 0 Å². The van der Waals surface area contributed by atoms with E-state index >= 15 is 0 Å². The number of aliphatic hydroxyl groups is 3. The van der Waals surface area contributed by atoms with E-state index in [2.05, 4.69) is 31.3 Å². The highest BCUT2D eigenvalue weighted by molar-refractivity contribution is 5.76. The topological polar surface area (TPSA) is 89.8 Å². The molecule has 0 fully saturated rings. The number of carbonyl (C=O) groups is 1. The molecule has 0 heterocycles. The van der Waals surface area contributed by atoms with Crippen molar-refractivity contribution in [2.45, 2.75) is 289 Å². The van der Waals surface area contributed by atoms with Crippen LogP contribution in [0.3, 0.4) is 0 Å². The van der Waals surface area contributed by atoms with Gasteiger partial charge in [0.1, 0.15) is 6.10 Å². The maximum Gasteiger partial charge on any atom is 0.220 e. The summed E-state index contributed by atoms with van der Waals surface area (Å²) in [6, 6.07) is -0.808. The Balaban J connectivity index is 3.56. The number of hydrogen-bond acceptors (Lipinski definition) is 4. The normalized spacial score (nSPS) is 13.5. The number of carbonyl (C=O) groups excluding carboxylic acids is 1. The zero-order valence-corrected chi connectivity index (χ0v) is 36.6. The molecule has 0 aliphatic rings. The Hall–Kier alpha value is -0.910. The van der Waals surface area contributed by atoms with Crippen LogP contribution in [0.5, 0.6) is 0 Å². The number of amides is 1. The minimum absolute atomic E-state index is 0.146. The fourth-order valence-corrected chi connectivity index (χ4v) is 7.81. The highest BCUT2D eigenvalue weighted by Crippen LogP contribution is 2.17. The Morgan fingerprint density at radius 3 is 1.07 bits per heavy atom. The predicted molar refractivity (Wildman–Crippen MR) is 236 cm³/mol. The van der Waals surface area contributed by atoms with Gasteiger partial charge in [-0.3, -0.25) is 4.79 Å². The van der Waals surface area contributed by atoms with Crippen molar-refractivity contribution in [3.05, 3.63) is 12.2 Å². The molecule has 0 aromatic heterocycles. The molecular formula is C49H97NO4. The molecule has 0 saturated heterocycles. The summed E-state index contributed by atoms with van der Waals surface area (Å²) in [6.45, 7) is 4.20. The van der Waals surface area contributed by atoms with Gasteiger partial charge in [0, 0.05) is 6.42 Å². The van der Waals surface area contributed by atoms with Crippen molar-refractivity contribution in [3.8, 4) is 0 Å². The van der Waals surface area contributed by atoms with Gasteiger partial charge in [-0.15, -0.1) is 0 Å². The fourth-order valence-electron chi connectivity index (χ4n) is 7.81. The lowest BCUT2D eigenvalue weighted by Gasteiger charge is -2.26. The number of hydrogen-bond donors (Lipinski definition) is 4. The smallest absolute Gasteiger partial charge is 0.220 e. The number of nitrogens with one attached hydrogen (secondary N) is 1. The van der Waals surface area contributed by atoms with Crippen LogP contribution in [0, 0.1) is 0 Å². The van der Waals surface area contributed by atoms with Crippen LogP contribution in [0.25, 0.3) is 0 Å². The molecule has 322 valence electrons. The second-order valence-corrected chi connectivity index (χ2v) is 17.0. The summed E-state index contributed by atoms with van der Waals surface area (Å²) in [5.74, 6) is -0.146. The Bertz CT molecular complexity index is 758. The maximum absolute atomic E-state index is 12.4. The van der Waals surface area contributed by atoms with Crippen molar-refractivity contribution in [1.29, 1.82) is 0 Å². The van der Waals surface area contributed by atoms with Crippen LogP contribution in [-0.2, 0) is 4.79 Å². The number of rotatable bonds is 45. The van der Waals surface area contributed by atoms with E-state index in [0.29, 0.717) is 12.8 Å². The summed E-state index contributed by atoms with van der Waals surface area (Å²) in [5, 5.41) is 33.7. The fraction of sp³-hybridized carbons (Fsp3) is 0.939. The zero-order chi connectivity index (χ0) is 39.4. The van der Waals surface area contributed by atoms with Crippen LogP contribution < -0.4 is 5.32 Å². The number of allylic oxidation sites excluding steroid dienone is 2. The van der Waals surface area contributed by atoms with Crippen molar-refractivity contribution in [3.63, 3.8) is 0 Å². The van der Waals surface area contributed by atoms with Crippen molar-refractivity contribution in [1.82, 2.24) is 5.32 Å². The first kappa shape index (κ1) is 53.1. The van der Waals surface area contributed by atoms with Gasteiger partial charge in [0.15, 0.2) is 0 Å². The van der Waals surface area contributed by atoms with E-state index < -0.39 is 18.2 Å². The molecular weight excluding hydrogens is 667 g/mol. The molecule has 54 heavy (non-hydrogen) atoms. The van der Waals surface area contributed by atoms with Crippen LogP contribution in [0.15, 0.2) is 12.2 Å². The minimum atomic E-state index is -1.14. The Labute approximate surface area is 338 Å². The predicted octanol–water partition coefficient (Wildman–Crippen LogP) is 14.4.